The van der Waals surface area contributed by atoms with Crippen molar-refractivity contribution in [2.75, 3.05) is 0 Å². The van der Waals surface area contributed by atoms with Crippen LogP contribution in [0.4, 0.5) is 0 Å². The van der Waals surface area contributed by atoms with Crippen LogP contribution in [0.15, 0.2) is 4.52 Å². The van der Waals surface area contributed by atoms with Crippen molar-refractivity contribution < 1.29 is 12.9 Å². The molecule has 2 rings (SSSR count). The summed E-state index contributed by atoms with van der Waals surface area (Å²) in [6, 6.07) is 0. The van der Waals surface area contributed by atoms with Gasteiger partial charge in [-0.1, -0.05) is 5.16 Å². The first-order valence-corrected chi connectivity index (χ1v) is 7.87. The highest BCUT2D eigenvalue weighted by Gasteiger charge is 2.30. The number of aryl methyl sites for hydroxylation is 1. The molecule has 0 amide bonds. The van der Waals surface area contributed by atoms with Crippen LogP contribution in [0, 0.1) is 6.92 Å². The lowest BCUT2D eigenvalue weighted by atomic mass is 10.00. The van der Waals surface area contributed by atoms with Crippen LogP contribution in [0.5, 0.6) is 0 Å². The maximum Gasteiger partial charge on any atom is 0.241 e. The SMILES string of the molecule is Cc1noc(CNS(=O)(=O)C2CCC(Cl)CC2)n1. The normalized spacial score (nSPS) is 25.2. The molecule has 1 saturated carbocycles. The van der Waals surface area contributed by atoms with E-state index in [1.54, 1.807) is 6.92 Å². The van der Waals surface area contributed by atoms with Crippen molar-refractivity contribution in [1.82, 2.24) is 14.9 Å². The van der Waals surface area contributed by atoms with Crippen LogP contribution in [0.1, 0.15) is 37.4 Å². The molecule has 1 N–H and O–H groups in total. The molecule has 1 fully saturated rings. The molecule has 0 bridgehead atoms. The Kier molecular flexibility index (Phi) is 4.24. The molecule has 0 atom stereocenters. The fraction of sp³-hybridized carbons (Fsp3) is 0.800. The van der Waals surface area contributed by atoms with E-state index in [-0.39, 0.29) is 23.1 Å². The lowest BCUT2D eigenvalue weighted by Crippen LogP contribution is -2.36. The van der Waals surface area contributed by atoms with Gasteiger partial charge in [-0.3, -0.25) is 0 Å². The maximum atomic E-state index is 12.0. The molecule has 1 heterocycles. The van der Waals surface area contributed by atoms with Gasteiger partial charge in [0.25, 0.3) is 0 Å². The van der Waals surface area contributed by atoms with Gasteiger partial charge >= 0.3 is 0 Å². The summed E-state index contributed by atoms with van der Waals surface area (Å²) in [5, 5.41) is 3.34. The molecule has 0 aliphatic heterocycles. The summed E-state index contributed by atoms with van der Waals surface area (Å²) in [6.45, 7) is 1.73. The average Bonchev–Trinajstić information content (AvgIpc) is 2.73. The first kappa shape index (κ1) is 13.8. The fourth-order valence-corrected chi connectivity index (χ4v) is 3.73. The molecule has 1 aromatic rings. The van der Waals surface area contributed by atoms with Gasteiger partial charge in [0.05, 0.1) is 11.8 Å². The van der Waals surface area contributed by atoms with Gasteiger partial charge in [-0.15, -0.1) is 11.6 Å². The van der Waals surface area contributed by atoms with Crippen LogP contribution in [0.2, 0.25) is 0 Å². The zero-order chi connectivity index (χ0) is 13.2. The van der Waals surface area contributed by atoms with Crippen molar-refractivity contribution >= 4 is 21.6 Å². The predicted molar refractivity (Wildman–Crippen MR) is 66.7 cm³/mol. The number of hydrogen-bond donors (Lipinski definition) is 1. The van der Waals surface area contributed by atoms with E-state index in [4.69, 9.17) is 16.1 Å². The van der Waals surface area contributed by atoms with E-state index in [1.165, 1.54) is 0 Å². The third kappa shape index (κ3) is 3.43. The number of aromatic nitrogens is 2. The predicted octanol–water partition coefficient (Wildman–Crippen LogP) is 1.35. The van der Waals surface area contributed by atoms with Crippen LogP contribution in [-0.4, -0.2) is 29.2 Å². The van der Waals surface area contributed by atoms with E-state index in [2.05, 4.69) is 14.9 Å². The van der Waals surface area contributed by atoms with Gasteiger partial charge < -0.3 is 4.52 Å². The Morgan fingerprint density at radius 3 is 2.61 bits per heavy atom. The second kappa shape index (κ2) is 5.54. The molecular formula is C10H16ClN3O3S. The lowest BCUT2D eigenvalue weighted by Gasteiger charge is -2.24. The summed E-state index contributed by atoms with van der Waals surface area (Å²) in [5.41, 5.74) is 0. The molecule has 18 heavy (non-hydrogen) atoms. The van der Waals surface area contributed by atoms with Gasteiger partial charge in [0.2, 0.25) is 15.9 Å². The number of hydrogen-bond acceptors (Lipinski definition) is 5. The Labute approximate surface area is 111 Å². The van der Waals surface area contributed by atoms with Crippen molar-refractivity contribution in [2.24, 2.45) is 0 Å². The Morgan fingerprint density at radius 1 is 1.39 bits per heavy atom. The van der Waals surface area contributed by atoms with E-state index in [1.807, 2.05) is 0 Å². The van der Waals surface area contributed by atoms with E-state index in [0.29, 0.717) is 18.7 Å². The number of alkyl halides is 1. The Hall–Kier alpha value is -0.660. The quantitative estimate of drug-likeness (QED) is 0.847. The number of halogens is 1. The number of nitrogens with one attached hydrogen (secondary N) is 1. The monoisotopic (exact) mass is 293 g/mol. The van der Waals surface area contributed by atoms with Gasteiger partial charge in [-0.05, 0) is 32.6 Å². The van der Waals surface area contributed by atoms with Crippen LogP contribution in [0.3, 0.4) is 0 Å². The lowest BCUT2D eigenvalue weighted by molar-refractivity contribution is 0.371. The maximum absolute atomic E-state index is 12.0. The zero-order valence-electron chi connectivity index (χ0n) is 10.1. The third-order valence-corrected chi connectivity index (χ3v) is 5.37. The van der Waals surface area contributed by atoms with Gasteiger partial charge in [0.1, 0.15) is 0 Å². The molecule has 8 heteroatoms. The summed E-state index contributed by atoms with van der Waals surface area (Å²) in [4.78, 5) is 3.95. The Bertz CT molecular complexity index is 494. The van der Waals surface area contributed by atoms with Crippen LogP contribution in [-0.2, 0) is 16.6 Å². The van der Waals surface area contributed by atoms with Gasteiger partial charge in [0, 0.05) is 5.38 Å². The van der Waals surface area contributed by atoms with E-state index >= 15 is 0 Å². The van der Waals surface area contributed by atoms with Gasteiger partial charge in [-0.2, -0.15) is 4.98 Å². The highest BCUT2D eigenvalue weighted by atomic mass is 35.5. The second-order valence-corrected chi connectivity index (χ2v) is 7.14. The van der Waals surface area contributed by atoms with E-state index in [9.17, 15) is 8.42 Å². The fourth-order valence-electron chi connectivity index (χ4n) is 2.02. The van der Waals surface area contributed by atoms with Crippen molar-refractivity contribution in [1.29, 1.82) is 0 Å². The molecule has 0 spiro atoms. The standard InChI is InChI=1S/C10H16ClN3O3S/c1-7-13-10(17-14-7)6-12-18(15,16)9-4-2-8(11)3-5-9/h8-9,12H,2-6H2,1H3. The van der Waals surface area contributed by atoms with E-state index < -0.39 is 10.0 Å². The molecular weight excluding hydrogens is 278 g/mol. The summed E-state index contributed by atoms with van der Waals surface area (Å²) in [7, 11) is -3.33. The van der Waals surface area contributed by atoms with Crippen molar-refractivity contribution in [3.05, 3.63) is 11.7 Å². The van der Waals surface area contributed by atoms with Gasteiger partial charge in [0.15, 0.2) is 5.82 Å². The number of rotatable bonds is 4. The van der Waals surface area contributed by atoms with Crippen LogP contribution in [0.25, 0.3) is 0 Å². The largest absolute Gasteiger partial charge is 0.338 e. The van der Waals surface area contributed by atoms with Crippen LogP contribution < -0.4 is 4.72 Å². The summed E-state index contributed by atoms with van der Waals surface area (Å²) < 4.78 is 31.4. The summed E-state index contributed by atoms with van der Waals surface area (Å²) in [5.74, 6) is 0.772. The molecule has 0 radical (unpaired) electrons. The summed E-state index contributed by atoms with van der Waals surface area (Å²) >= 11 is 5.96. The minimum Gasteiger partial charge on any atom is -0.338 e. The molecule has 0 unspecified atom stereocenters. The topological polar surface area (TPSA) is 85.1 Å². The molecule has 0 aromatic carbocycles. The van der Waals surface area contributed by atoms with Crippen LogP contribution >= 0.6 is 11.6 Å². The molecule has 6 nitrogen and oxygen atoms in total. The van der Waals surface area contributed by atoms with Crippen molar-refractivity contribution in [3.63, 3.8) is 0 Å². The van der Waals surface area contributed by atoms with E-state index in [0.717, 1.165) is 12.8 Å². The van der Waals surface area contributed by atoms with Crippen molar-refractivity contribution in [2.45, 2.75) is 49.8 Å². The molecule has 1 aliphatic rings. The smallest absolute Gasteiger partial charge is 0.241 e. The second-order valence-electron chi connectivity index (χ2n) is 4.48. The number of sulfonamides is 1. The average molecular weight is 294 g/mol. The number of nitrogens with zero attached hydrogens (tertiary/aromatic N) is 2. The highest BCUT2D eigenvalue weighted by Crippen LogP contribution is 2.26. The Balaban J connectivity index is 1.91. The molecule has 1 aliphatic carbocycles. The van der Waals surface area contributed by atoms with Crippen molar-refractivity contribution in [3.8, 4) is 0 Å². The molecule has 102 valence electrons. The van der Waals surface area contributed by atoms with Gasteiger partial charge in [-0.25, -0.2) is 13.1 Å². The molecule has 1 aromatic heterocycles. The zero-order valence-corrected chi connectivity index (χ0v) is 11.7. The summed E-state index contributed by atoms with van der Waals surface area (Å²) in [6.07, 6.45) is 2.69. The minimum atomic E-state index is -3.33. The third-order valence-electron chi connectivity index (χ3n) is 3.04. The first-order valence-electron chi connectivity index (χ1n) is 5.89. The first-order chi connectivity index (χ1) is 8.47. The highest BCUT2D eigenvalue weighted by molar-refractivity contribution is 7.90. The Morgan fingerprint density at radius 2 is 2.06 bits per heavy atom. The molecule has 0 saturated heterocycles. The minimum absolute atomic E-state index is 0.0456.